The van der Waals surface area contributed by atoms with E-state index in [1.165, 1.54) is 44.7 Å². The van der Waals surface area contributed by atoms with E-state index in [-0.39, 0.29) is 11.5 Å². The molecule has 256 valence electrons. The minimum absolute atomic E-state index is 0.103. The Morgan fingerprint density at radius 3 is 2.21 bits per heavy atom. The Bertz CT molecular complexity index is 1520. The van der Waals surface area contributed by atoms with Crippen molar-refractivity contribution in [2.45, 2.75) is 83.2 Å². The Morgan fingerprint density at radius 1 is 1.00 bits per heavy atom. The van der Waals surface area contributed by atoms with Crippen LogP contribution in [0.4, 0.5) is 11.8 Å². The second-order valence-corrected chi connectivity index (χ2v) is 13.4. The number of carbonyl (C=O) groups is 1. The number of morpholine rings is 1. The molecule has 0 spiro atoms. The van der Waals surface area contributed by atoms with Crippen molar-refractivity contribution in [3.63, 3.8) is 0 Å². The summed E-state index contributed by atoms with van der Waals surface area (Å²) in [4.78, 5) is 35.4. The maximum atomic E-state index is 12.3. The number of hydrogen-bond donors (Lipinski definition) is 2. The van der Waals surface area contributed by atoms with Gasteiger partial charge in [-0.3, -0.25) is 9.78 Å². The molecule has 7 rings (SSSR count). The first-order chi connectivity index (χ1) is 23.0. The average molecular weight is 669 g/mol. The van der Waals surface area contributed by atoms with Crippen LogP contribution in [0.1, 0.15) is 93.6 Å². The molecule has 3 aromatic rings. The summed E-state index contributed by atoms with van der Waals surface area (Å²) >= 11 is 1.92. The smallest absolute Gasteiger partial charge is 0.343 e. The van der Waals surface area contributed by atoms with Crippen LogP contribution in [0.5, 0.6) is 0 Å². The molecule has 2 aliphatic carbocycles. The Hall–Kier alpha value is -3.77. The predicted octanol–water partition coefficient (Wildman–Crippen LogP) is 4.12. The quantitative estimate of drug-likeness (QED) is 0.295. The Labute approximate surface area is 279 Å². The molecule has 4 aliphatic rings. The van der Waals surface area contributed by atoms with Crippen molar-refractivity contribution in [1.29, 1.82) is 5.26 Å². The lowest BCUT2D eigenvalue weighted by Crippen LogP contribution is -2.38. The summed E-state index contributed by atoms with van der Waals surface area (Å²) in [5, 5.41) is 17.6. The zero-order valence-corrected chi connectivity index (χ0v) is 28.3. The number of H-pyrrole nitrogens is 1. The lowest BCUT2D eigenvalue weighted by Gasteiger charge is -2.27. The van der Waals surface area contributed by atoms with Gasteiger partial charge < -0.3 is 25.0 Å². The van der Waals surface area contributed by atoms with E-state index in [0.29, 0.717) is 54.6 Å². The van der Waals surface area contributed by atoms with Crippen LogP contribution in [0, 0.1) is 11.5 Å². The number of nitrogens with one attached hydrogen (secondary N) is 1. The summed E-state index contributed by atoms with van der Waals surface area (Å²) in [5.74, 6) is 2.93. The zero-order chi connectivity index (χ0) is 33.0. The van der Waals surface area contributed by atoms with Crippen molar-refractivity contribution in [3.8, 4) is 6.19 Å². The molecule has 3 aromatic heterocycles. The molecule has 0 atom stereocenters. The molecule has 47 heavy (non-hydrogen) atoms. The topological polar surface area (TPSA) is 173 Å². The Kier molecular flexibility index (Phi) is 12.8. The summed E-state index contributed by atoms with van der Waals surface area (Å²) in [6.07, 6.45) is 17.2. The van der Waals surface area contributed by atoms with Crippen molar-refractivity contribution >= 4 is 40.5 Å². The van der Waals surface area contributed by atoms with Crippen molar-refractivity contribution < 1.29 is 14.3 Å². The summed E-state index contributed by atoms with van der Waals surface area (Å²) in [6.45, 7) is 6.88. The molecule has 0 radical (unpaired) electrons. The number of esters is 1. The van der Waals surface area contributed by atoms with Crippen molar-refractivity contribution in [1.82, 2.24) is 34.4 Å². The fourth-order valence-electron chi connectivity index (χ4n) is 6.46. The number of nitrogens with zero attached hydrogens (tertiary/aromatic N) is 8. The van der Waals surface area contributed by atoms with Gasteiger partial charge >= 0.3 is 5.97 Å². The highest BCUT2D eigenvalue weighted by Gasteiger charge is 2.24. The highest BCUT2D eigenvalue weighted by molar-refractivity contribution is 7.99. The van der Waals surface area contributed by atoms with Crippen molar-refractivity contribution in [2.24, 2.45) is 0 Å². The average Bonchev–Trinajstić information content (AvgIpc) is 3.74. The highest BCUT2D eigenvalue weighted by atomic mass is 32.2. The van der Waals surface area contributed by atoms with Gasteiger partial charge in [0, 0.05) is 37.7 Å². The Morgan fingerprint density at radius 2 is 1.62 bits per heavy atom. The van der Waals surface area contributed by atoms with E-state index < -0.39 is 0 Å². The Balaban J connectivity index is 0.000000153. The number of nitrogen functional groups attached to an aromatic ring is 1. The lowest BCUT2D eigenvalue weighted by molar-refractivity contribution is 0.0527. The minimum Gasteiger partial charge on any atom is -0.462 e. The first-order valence-electron chi connectivity index (χ1n) is 17.0. The monoisotopic (exact) mass is 668 g/mol. The van der Waals surface area contributed by atoms with E-state index in [0.717, 1.165) is 69.0 Å². The molecule has 0 aromatic carbocycles. The maximum absolute atomic E-state index is 12.3. The SMILES string of the molecule is CCOC(=O)c1cnn(C2CCCCC2)c1N.N#CN1CCSCC1.O=c1[nH]c(N2CCOCC2)nc2c1cnn2C1CCCCC1. The summed E-state index contributed by atoms with van der Waals surface area (Å²) in [5.41, 5.74) is 6.97. The number of ether oxygens (including phenoxy) is 2. The van der Waals surface area contributed by atoms with Crippen LogP contribution in [0.15, 0.2) is 17.2 Å². The number of carbonyl (C=O) groups excluding carboxylic acids is 1. The van der Waals surface area contributed by atoms with Crippen LogP contribution in [-0.4, -0.2) is 97.9 Å². The number of nitrogens with two attached hydrogens (primary N) is 1. The van der Waals surface area contributed by atoms with Gasteiger partial charge in [-0.1, -0.05) is 38.5 Å². The summed E-state index contributed by atoms with van der Waals surface area (Å²) in [6, 6.07) is 0.713. The van der Waals surface area contributed by atoms with Gasteiger partial charge in [-0.2, -0.15) is 32.2 Å². The predicted molar refractivity (Wildman–Crippen MR) is 183 cm³/mol. The van der Waals surface area contributed by atoms with Gasteiger partial charge in [0.25, 0.3) is 5.56 Å². The fourth-order valence-corrected chi connectivity index (χ4v) is 7.36. The largest absolute Gasteiger partial charge is 0.462 e. The maximum Gasteiger partial charge on any atom is 0.343 e. The number of thioether (sulfide) groups is 1. The van der Waals surface area contributed by atoms with Crippen LogP contribution in [0.2, 0.25) is 0 Å². The molecule has 4 fully saturated rings. The molecule has 14 nitrogen and oxygen atoms in total. The first-order valence-corrected chi connectivity index (χ1v) is 18.2. The van der Waals surface area contributed by atoms with Gasteiger partial charge in [0.1, 0.15) is 16.8 Å². The van der Waals surface area contributed by atoms with E-state index in [4.69, 9.17) is 25.5 Å². The van der Waals surface area contributed by atoms with E-state index in [1.807, 2.05) is 16.4 Å². The number of hydrogen-bond acceptors (Lipinski definition) is 12. The first kappa shape index (κ1) is 34.6. The van der Waals surface area contributed by atoms with Crippen LogP contribution < -0.4 is 16.2 Å². The van der Waals surface area contributed by atoms with E-state index in [1.54, 1.807) is 22.7 Å². The standard InChI is InChI=1S/C15H21N5O2.C12H19N3O2.C5H8N2S/c21-14-12-10-16-20(11-4-2-1-3-5-11)13(12)17-15(18-14)19-6-8-22-9-7-19;1-2-17-12(16)10-8-14-15(11(10)13)9-6-4-3-5-7-9;6-5-7-1-3-8-4-2-7/h10-11H,1-9H2,(H,17,18,21);8-9H,2-7,13H2,1H3;1-4H2. The van der Waals surface area contributed by atoms with Crippen molar-refractivity contribution in [2.75, 3.05) is 68.1 Å². The summed E-state index contributed by atoms with van der Waals surface area (Å²) < 4.78 is 14.1. The molecule has 0 unspecified atom stereocenters. The third-order valence-electron chi connectivity index (χ3n) is 9.08. The number of nitriles is 1. The second-order valence-electron chi connectivity index (χ2n) is 12.2. The van der Waals surface area contributed by atoms with E-state index in [9.17, 15) is 9.59 Å². The molecule has 0 amide bonds. The van der Waals surface area contributed by atoms with Crippen LogP contribution in [0.25, 0.3) is 11.0 Å². The molecule has 5 heterocycles. The number of anilines is 2. The van der Waals surface area contributed by atoms with Gasteiger partial charge in [-0.05, 0) is 32.6 Å². The highest BCUT2D eigenvalue weighted by Crippen LogP contribution is 2.31. The van der Waals surface area contributed by atoms with E-state index >= 15 is 0 Å². The molecule has 2 saturated heterocycles. The van der Waals surface area contributed by atoms with Gasteiger partial charge in [-0.15, -0.1) is 0 Å². The fraction of sp³-hybridized carbons (Fsp3) is 0.688. The van der Waals surface area contributed by atoms with Gasteiger partial charge in [0.15, 0.2) is 11.8 Å². The third kappa shape index (κ3) is 8.98. The molecule has 3 N–H and O–H groups in total. The normalized spacial score (nSPS) is 19.2. The lowest BCUT2D eigenvalue weighted by atomic mass is 9.96. The molecule has 2 aliphatic heterocycles. The van der Waals surface area contributed by atoms with Crippen LogP contribution in [-0.2, 0) is 9.47 Å². The zero-order valence-electron chi connectivity index (χ0n) is 27.4. The molecule has 2 saturated carbocycles. The number of fused-ring (bicyclic) bond motifs is 1. The number of aromatic amines is 1. The molecule has 0 bridgehead atoms. The van der Waals surface area contributed by atoms with Crippen LogP contribution >= 0.6 is 11.8 Å². The van der Waals surface area contributed by atoms with Crippen molar-refractivity contribution in [3.05, 3.63) is 28.3 Å². The van der Waals surface area contributed by atoms with Gasteiger partial charge in [-0.25, -0.2) is 14.2 Å². The van der Waals surface area contributed by atoms with Gasteiger partial charge in [0.05, 0.1) is 44.3 Å². The number of rotatable bonds is 5. The molecular formula is C32H48N10O4S. The third-order valence-corrected chi connectivity index (χ3v) is 10.0. The van der Waals surface area contributed by atoms with E-state index in [2.05, 4.69) is 26.3 Å². The van der Waals surface area contributed by atoms with Crippen LogP contribution in [0.3, 0.4) is 0 Å². The second kappa shape index (κ2) is 17.4. The summed E-state index contributed by atoms with van der Waals surface area (Å²) in [7, 11) is 0. The molecular weight excluding hydrogens is 620 g/mol. The minimum atomic E-state index is -0.382. The molecule has 15 heteroatoms. The number of aromatic nitrogens is 6. The van der Waals surface area contributed by atoms with Gasteiger partial charge in [0.2, 0.25) is 5.95 Å².